The molecule has 1 amide bonds. The van der Waals surface area contributed by atoms with Crippen LogP contribution in [-0.4, -0.2) is 20.8 Å². The van der Waals surface area contributed by atoms with E-state index in [0.717, 1.165) is 5.56 Å². The zero-order valence-electron chi connectivity index (χ0n) is 10.3. The molecule has 0 aliphatic carbocycles. The maximum Gasteiger partial charge on any atom is 0.251 e. The summed E-state index contributed by atoms with van der Waals surface area (Å²) in [6.45, 7) is 2.14. The van der Waals surface area contributed by atoms with Gasteiger partial charge in [0.15, 0.2) is 0 Å². The molecule has 0 atom stereocenters. The monoisotopic (exact) mass is 245 g/mol. The molecule has 0 saturated heterocycles. The standard InChI is InChI=1S/C13H15N3O2/c1-9-11(4-3-5-12(9)17)13(18)14-6-10-7-15-16(2)8-10/h3-5,7-8,17H,6H2,1-2H3,(H,14,18). The van der Waals surface area contributed by atoms with Crippen LogP contribution in [0.25, 0.3) is 0 Å². The van der Waals surface area contributed by atoms with Gasteiger partial charge in [0.2, 0.25) is 0 Å². The summed E-state index contributed by atoms with van der Waals surface area (Å²) in [7, 11) is 1.82. The Hall–Kier alpha value is -2.30. The van der Waals surface area contributed by atoms with E-state index in [0.29, 0.717) is 17.7 Å². The zero-order valence-corrected chi connectivity index (χ0v) is 10.3. The van der Waals surface area contributed by atoms with Gasteiger partial charge in [-0.2, -0.15) is 5.10 Å². The van der Waals surface area contributed by atoms with Crippen LogP contribution in [0.15, 0.2) is 30.6 Å². The van der Waals surface area contributed by atoms with Gasteiger partial charge in [-0.15, -0.1) is 0 Å². The van der Waals surface area contributed by atoms with Gasteiger partial charge in [0, 0.05) is 36.5 Å². The van der Waals surface area contributed by atoms with Gasteiger partial charge in [0.1, 0.15) is 5.75 Å². The number of aryl methyl sites for hydroxylation is 1. The molecule has 2 aromatic rings. The topological polar surface area (TPSA) is 67.2 Å². The molecule has 0 aliphatic rings. The summed E-state index contributed by atoms with van der Waals surface area (Å²) in [5, 5.41) is 16.4. The number of aromatic nitrogens is 2. The predicted octanol–water partition coefficient (Wildman–Crippen LogP) is 1.36. The highest BCUT2D eigenvalue weighted by Gasteiger charge is 2.11. The molecular formula is C13H15N3O2. The number of amides is 1. The van der Waals surface area contributed by atoms with Gasteiger partial charge in [0.05, 0.1) is 6.20 Å². The summed E-state index contributed by atoms with van der Waals surface area (Å²) in [4.78, 5) is 11.9. The van der Waals surface area contributed by atoms with Crippen molar-refractivity contribution >= 4 is 5.91 Å². The molecule has 2 N–H and O–H groups in total. The average Bonchev–Trinajstić information content (AvgIpc) is 2.76. The fourth-order valence-electron chi connectivity index (χ4n) is 1.71. The second-order valence-corrected chi connectivity index (χ2v) is 4.15. The van der Waals surface area contributed by atoms with Crippen molar-refractivity contribution in [1.29, 1.82) is 0 Å². The Bertz CT molecular complexity index is 575. The fraction of sp³-hybridized carbons (Fsp3) is 0.231. The Kier molecular flexibility index (Phi) is 3.32. The van der Waals surface area contributed by atoms with Crippen LogP contribution in [0.2, 0.25) is 0 Å². The van der Waals surface area contributed by atoms with Crippen LogP contribution in [-0.2, 0) is 13.6 Å². The Morgan fingerprint density at radius 2 is 2.28 bits per heavy atom. The number of hydrogen-bond acceptors (Lipinski definition) is 3. The maximum absolute atomic E-state index is 11.9. The number of phenolic OH excluding ortho intramolecular Hbond substituents is 1. The quantitative estimate of drug-likeness (QED) is 0.858. The van der Waals surface area contributed by atoms with Crippen molar-refractivity contribution in [2.75, 3.05) is 0 Å². The third-order valence-electron chi connectivity index (χ3n) is 2.76. The molecule has 0 radical (unpaired) electrons. The van der Waals surface area contributed by atoms with E-state index in [1.54, 1.807) is 36.0 Å². The summed E-state index contributed by atoms with van der Waals surface area (Å²) in [5.41, 5.74) is 2.00. The van der Waals surface area contributed by atoms with Gasteiger partial charge in [-0.1, -0.05) is 6.07 Å². The van der Waals surface area contributed by atoms with Gasteiger partial charge in [-0.3, -0.25) is 9.48 Å². The molecule has 0 spiro atoms. The summed E-state index contributed by atoms with van der Waals surface area (Å²) in [5.74, 6) is -0.0729. The Morgan fingerprint density at radius 3 is 2.94 bits per heavy atom. The number of nitrogens with zero attached hydrogens (tertiary/aromatic N) is 2. The number of benzene rings is 1. The van der Waals surface area contributed by atoms with Crippen molar-refractivity contribution in [3.05, 3.63) is 47.3 Å². The molecule has 5 nitrogen and oxygen atoms in total. The second kappa shape index (κ2) is 4.91. The SMILES string of the molecule is Cc1c(O)cccc1C(=O)NCc1cnn(C)c1. The van der Waals surface area contributed by atoms with Gasteiger partial charge in [0.25, 0.3) is 5.91 Å². The molecule has 0 saturated carbocycles. The number of carbonyl (C=O) groups excluding carboxylic acids is 1. The van der Waals surface area contributed by atoms with Crippen LogP contribution >= 0.6 is 0 Å². The number of rotatable bonds is 3. The molecule has 0 unspecified atom stereocenters. The van der Waals surface area contributed by atoms with Crippen LogP contribution in [0, 0.1) is 6.92 Å². The summed E-state index contributed by atoms with van der Waals surface area (Å²) >= 11 is 0. The third-order valence-corrected chi connectivity index (χ3v) is 2.76. The highest BCUT2D eigenvalue weighted by Crippen LogP contribution is 2.19. The Balaban J connectivity index is 2.06. The van der Waals surface area contributed by atoms with Gasteiger partial charge in [-0.05, 0) is 19.1 Å². The first kappa shape index (κ1) is 12.2. The maximum atomic E-state index is 11.9. The minimum atomic E-state index is -0.202. The number of carbonyl (C=O) groups is 1. The van der Waals surface area contributed by atoms with Crippen molar-refractivity contribution in [2.45, 2.75) is 13.5 Å². The molecule has 0 fully saturated rings. The molecule has 0 aliphatic heterocycles. The third kappa shape index (κ3) is 2.51. The molecule has 18 heavy (non-hydrogen) atoms. The fourth-order valence-corrected chi connectivity index (χ4v) is 1.71. The lowest BCUT2D eigenvalue weighted by Gasteiger charge is -2.07. The molecule has 0 bridgehead atoms. The van der Waals surface area contributed by atoms with Crippen LogP contribution in [0.5, 0.6) is 5.75 Å². The first-order chi connectivity index (χ1) is 8.58. The first-order valence-electron chi connectivity index (χ1n) is 5.62. The van der Waals surface area contributed by atoms with Crippen LogP contribution in [0.3, 0.4) is 0 Å². The molecule has 1 aromatic carbocycles. The normalized spacial score (nSPS) is 10.3. The van der Waals surface area contributed by atoms with Crippen molar-refractivity contribution in [3.8, 4) is 5.75 Å². The second-order valence-electron chi connectivity index (χ2n) is 4.15. The lowest BCUT2D eigenvalue weighted by atomic mass is 10.1. The van der Waals surface area contributed by atoms with E-state index >= 15 is 0 Å². The van der Waals surface area contributed by atoms with E-state index in [1.807, 2.05) is 13.2 Å². The minimum absolute atomic E-state index is 0.129. The molecule has 5 heteroatoms. The lowest BCUT2D eigenvalue weighted by Crippen LogP contribution is -2.23. The highest BCUT2D eigenvalue weighted by atomic mass is 16.3. The molecule has 2 rings (SSSR count). The lowest BCUT2D eigenvalue weighted by molar-refractivity contribution is 0.0950. The summed E-state index contributed by atoms with van der Waals surface area (Å²) < 4.78 is 1.68. The van der Waals surface area contributed by atoms with Crippen LogP contribution in [0.4, 0.5) is 0 Å². The summed E-state index contributed by atoms with van der Waals surface area (Å²) in [6.07, 6.45) is 3.55. The van der Waals surface area contributed by atoms with E-state index in [9.17, 15) is 9.90 Å². The van der Waals surface area contributed by atoms with Crippen molar-refractivity contribution in [3.63, 3.8) is 0 Å². The van der Waals surface area contributed by atoms with Gasteiger partial charge >= 0.3 is 0 Å². The zero-order chi connectivity index (χ0) is 13.1. The summed E-state index contributed by atoms with van der Waals surface area (Å²) in [6, 6.07) is 4.90. The van der Waals surface area contributed by atoms with E-state index < -0.39 is 0 Å². The predicted molar refractivity (Wildman–Crippen MR) is 67.2 cm³/mol. The van der Waals surface area contributed by atoms with Crippen molar-refractivity contribution < 1.29 is 9.90 Å². The number of nitrogens with one attached hydrogen (secondary N) is 1. The van der Waals surface area contributed by atoms with E-state index in [4.69, 9.17) is 0 Å². The van der Waals surface area contributed by atoms with Gasteiger partial charge < -0.3 is 10.4 Å². The molecule has 1 aromatic heterocycles. The smallest absolute Gasteiger partial charge is 0.251 e. The van der Waals surface area contributed by atoms with E-state index in [1.165, 1.54) is 0 Å². The minimum Gasteiger partial charge on any atom is -0.508 e. The van der Waals surface area contributed by atoms with Crippen LogP contribution in [0.1, 0.15) is 21.5 Å². The van der Waals surface area contributed by atoms with E-state index in [-0.39, 0.29) is 11.7 Å². The van der Waals surface area contributed by atoms with Gasteiger partial charge in [-0.25, -0.2) is 0 Å². The number of hydrogen-bond donors (Lipinski definition) is 2. The Labute approximate surface area is 105 Å². The van der Waals surface area contributed by atoms with Crippen LogP contribution < -0.4 is 5.32 Å². The number of phenols is 1. The number of aromatic hydroxyl groups is 1. The van der Waals surface area contributed by atoms with E-state index in [2.05, 4.69) is 10.4 Å². The van der Waals surface area contributed by atoms with Crippen molar-refractivity contribution in [2.24, 2.45) is 7.05 Å². The first-order valence-corrected chi connectivity index (χ1v) is 5.62. The van der Waals surface area contributed by atoms with Crippen molar-refractivity contribution in [1.82, 2.24) is 15.1 Å². The molecule has 1 heterocycles. The molecule has 94 valence electrons. The highest BCUT2D eigenvalue weighted by molar-refractivity contribution is 5.96. The average molecular weight is 245 g/mol. The molecular weight excluding hydrogens is 230 g/mol. The Morgan fingerprint density at radius 1 is 1.50 bits per heavy atom. The largest absolute Gasteiger partial charge is 0.508 e.